The van der Waals surface area contributed by atoms with Gasteiger partial charge in [0.05, 0.1) is 6.04 Å². The highest BCUT2D eigenvalue weighted by Crippen LogP contribution is 2.20. The Morgan fingerprint density at radius 3 is 2.03 bits per heavy atom. The number of carboxylic acids is 2. The first kappa shape index (κ1) is 30.3. The highest BCUT2D eigenvalue weighted by Gasteiger charge is 2.39. The first-order valence-electron chi connectivity index (χ1n) is 12.1. The molecule has 0 saturated carbocycles. The Morgan fingerprint density at radius 2 is 1.49 bits per heavy atom. The molecule has 1 fully saturated rings. The third kappa shape index (κ3) is 10.6. The number of likely N-dealkylation sites (tertiary alicyclic amines) is 1. The molecule has 0 radical (unpaired) electrons. The van der Waals surface area contributed by atoms with Crippen LogP contribution in [0.3, 0.4) is 0 Å². The van der Waals surface area contributed by atoms with Crippen LogP contribution in [0.2, 0.25) is 0 Å². The number of unbranched alkanes of at least 4 members (excludes halogenated alkanes) is 2. The van der Waals surface area contributed by atoms with Gasteiger partial charge < -0.3 is 42.9 Å². The summed E-state index contributed by atoms with van der Waals surface area (Å²) in [6.07, 6.45) is 3.39. The van der Waals surface area contributed by atoms with E-state index in [-0.39, 0.29) is 32.2 Å². The van der Waals surface area contributed by atoms with E-state index < -0.39 is 53.8 Å². The van der Waals surface area contributed by atoms with Crippen LogP contribution in [0.15, 0.2) is 0 Å². The molecule has 0 spiro atoms. The van der Waals surface area contributed by atoms with Gasteiger partial charge in [0.15, 0.2) is 0 Å². The largest absolute Gasteiger partial charge is 0.481 e. The molecule has 35 heavy (non-hydrogen) atoms. The Balaban J connectivity index is 2.89. The predicted octanol–water partition coefficient (Wildman–Crippen LogP) is -1.52. The lowest BCUT2D eigenvalue weighted by Crippen LogP contribution is -2.56. The van der Waals surface area contributed by atoms with Crippen molar-refractivity contribution in [1.82, 2.24) is 15.5 Å². The Bertz CT molecular complexity index is 735. The Kier molecular flexibility index (Phi) is 13.8. The van der Waals surface area contributed by atoms with Crippen LogP contribution in [0, 0.1) is 0 Å². The number of carbonyl (C=O) groups excluding carboxylic acids is 3. The van der Waals surface area contributed by atoms with Gasteiger partial charge in [0.25, 0.3) is 0 Å². The molecular weight excluding hydrogens is 460 g/mol. The average Bonchev–Trinajstić information content (AvgIpc) is 3.30. The molecule has 1 aliphatic rings. The summed E-state index contributed by atoms with van der Waals surface area (Å²) < 4.78 is 0. The molecule has 0 bridgehead atoms. The lowest BCUT2D eigenvalue weighted by atomic mass is 10.0. The van der Waals surface area contributed by atoms with E-state index in [9.17, 15) is 29.1 Å². The summed E-state index contributed by atoms with van der Waals surface area (Å²) in [6, 6.07) is -4.00. The van der Waals surface area contributed by atoms with Crippen LogP contribution in [-0.2, 0) is 24.0 Å². The fourth-order valence-corrected chi connectivity index (χ4v) is 3.96. The number of carbonyl (C=O) groups is 5. The summed E-state index contributed by atoms with van der Waals surface area (Å²) in [5.41, 5.74) is 16.8. The zero-order valence-corrected chi connectivity index (χ0v) is 20.1. The molecule has 200 valence electrons. The Labute approximate surface area is 205 Å². The fourth-order valence-electron chi connectivity index (χ4n) is 3.96. The van der Waals surface area contributed by atoms with Gasteiger partial charge in [-0.2, -0.15) is 0 Å². The monoisotopic (exact) mass is 500 g/mol. The van der Waals surface area contributed by atoms with Crippen molar-refractivity contribution in [3.05, 3.63) is 0 Å². The number of nitrogens with two attached hydrogens (primary N) is 3. The van der Waals surface area contributed by atoms with Gasteiger partial charge in [-0.15, -0.1) is 0 Å². The third-order valence-corrected chi connectivity index (χ3v) is 5.97. The van der Waals surface area contributed by atoms with Crippen molar-refractivity contribution in [3.8, 4) is 0 Å². The molecule has 10 N–H and O–H groups in total. The maximum Gasteiger partial charge on any atom is 0.326 e. The van der Waals surface area contributed by atoms with E-state index in [0.717, 1.165) is 0 Å². The fraction of sp³-hybridized carbons (Fsp3) is 0.773. The van der Waals surface area contributed by atoms with Crippen LogP contribution in [0.5, 0.6) is 0 Å². The first-order chi connectivity index (χ1) is 16.6. The van der Waals surface area contributed by atoms with Crippen LogP contribution in [0.1, 0.15) is 64.2 Å². The topological polar surface area (TPSA) is 231 Å². The van der Waals surface area contributed by atoms with Gasteiger partial charge in [-0.05, 0) is 70.9 Å². The highest BCUT2D eigenvalue weighted by atomic mass is 16.4. The second kappa shape index (κ2) is 16.0. The molecule has 13 nitrogen and oxygen atoms in total. The molecule has 1 heterocycles. The van der Waals surface area contributed by atoms with Crippen molar-refractivity contribution in [2.24, 2.45) is 17.2 Å². The van der Waals surface area contributed by atoms with E-state index in [1.54, 1.807) is 0 Å². The Morgan fingerprint density at radius 1 is 0.886 bits per heavy atom. The summed E-state index contributed by atoms with van der Waals surface area (Å²) in [5.74, 6) is -3.91. The molecule has 0 aromatic rings. The van der Waals surface area contributed by atoms with Crippen molar-refractivity contribution >= 4 is 29.7 Å². The molecule has 4 atom stereocenters. The minimum absolute atomic E-state index is 0.0830. The maximum absolute atomic E-state index is 13.3. The normalized spacial score (nSPS) is 17.9. The number of carboxylic acid groups (broad SMARTS) is 2. The number of aliphatic carboxylic acids is 2. The van der Waals surface area contributed by atoms with Gasteiger partial charge >= 0.3 is 11.9 Å². The standard InChI is InChI=1S/C22H40N6O7/c23-11-3-1-6-15(26-19(31)14(25)9-10-18(29)30)21(33)28-13-5-8-17(28)20(32)27-16(22(34)35)7-2-4-12-24/h14-17H,1-13,23-25H2,(H,26,31)(H,27,32)(H,29,30)(H,34,35). The van der Waals surface area contributed by atoms with Crippen LogP contribution in [0.4, 0.5) is 0 Å². The first-order valence-corrected chi connectivity index (χ1v) is 12.1. The van der Waals surface area contributed by atoms with Gasteiger partial charge in [-0.3, -0.25) is 19.2 Å². The van der Waals surface area contributed by atoms with Crippen LogP contribution >= 0.6 is 0 Å². The summed E-state index contributed by atoms with van der Waals surface area (Å²) in [4.78, 5) is 62.4. The maximum atomic E-state index is 13.3. The summed E-state index contributed by atoms with van der Waals surface area (Å²) in [7, 11) is 0. The van der Waals surface area contributed by atoms with Gasteiger partial charge in [0.2, 0.25) is 17.7 Å². The van der Waals surface area contributed by atoms with E-state index in [2.05, 4.69) is 10.6 Å². The molecule has 4 unspecified atom stereocenters. The average molecular weight is 501 g/mol. The van der Waals surface area contributed by atoms with E-state index in [0.29, 0.717) is 51.6 Å². The van der Waals surface area contributed by atoms with Crippen molar-refractivity contribution in [2.45, 2.75) is 88.4 Å². The second-order valence-electron chi connectivity index (χ2n) is 8.76. The third-order valence-electron chi connectivity index (χ3n) is 5.97. The molecule has 3 amide bonds. The molecule has 0 aromatic carbocycles. The zero-order chi connectivity index (χ0) is 26.4. The number of amides is 3. The number of hydrogen-bond donors (Lipinski definition) is 7. The van der Waals surface area contributed by atoms with Crippen molar-refractivity contribution < 1.29 is 34.2 Å². The number of nitrogens with zero attached hydrogens (tertiary/aromatic N) is 1. The highest BCUT2D eigenvalue weighted by molar-refractivity contribution is 5.94. The van der Waals surface area contributed by atoms with Crippen molar-refractivity contribution in [2.75, 3.05) is 19.6 Å². The lowest BCUT2D eigenvalue weighted by Gasteiger charge is -2.30. The molecule has 1 aliphatic heterocycles. The SMILES string of the molecule is NCCCCC(NC(=O)C1CCCN1C(=O)C(CCCCN)NC(=O)C(N)CCC(=O)O)C(=O)O. The second-order valence-corrected chi connectivity index (χ2v) is 8.76. The molecule has 0 aliphatic carbocycles. The van der Waals surface area contributed by atoms with E-state index in [1.807, 2.05) is 0 Å². The van der Waals surface area contributed by atoms with E-state index in [4.69, 9.17) is 22.3 Å². The summed E-state index contributed by atoms with van der Waals surface area (Å²) in [5, 5.41) is 23.4. The zero-order valence-electron chi connectivity index (χ0n) is 20.1. The summed E-state index contributed by atoms with van der Waals surface area (Å²) >= 11 is 0. The van der Waals surface area contributed by atoms with Gasteiger partial charge in [0, 0.05) is 13.0 Å². The lowest BCUT2D eigenvalue weighted by molar-refractivity contribution is -0.145. The molecule has 0 aromatic heterocycles. The molecule has 1 rings (SSSR count). The van der Waals surface area contributed by atoms with E-state index in [1.165, 1.54) is 4.90 Å². The van der Waals surface area contributed by atoms with Crippen molar-refractivity contribution in [1.29, 1.82) is 0 Å². The van der Waals surface area contributed by atoms with Crippen LogP contribution in [-0.4, -0.2) is 88.6 Å². The number of nitrogens with one attached hydrogen (secondary N) is 2. The molecule has 13 heteroatoms. The summed E-state index contributed by atoms with van der Waals surface area (Å²) in [6.45, 7) is 1.11. The van der Waals surface area contributed by atoms with E-state index >= 15 is 0 Å². The number of hydrogen-bond acceptors (Lipinski definition) is 8. The Hall–Kier alpha value is -2.77. The quantitative estimate of drug-likeness (QED) is 0.114. The van der Waals surface area contributed by atoms with Crippen molar-refractivity contribution in [3.63, 3.8) is 0 Å². The minimum Gasteiger partial charge on any atom is -0.481 e. The minimum atomic E-state index is -1.16. The van der Waals surface area contributed by atoms with Gasteiger partial charge in [0.1, 0.15) is 18.1 Å². The van der Waals surface area contributed by atoms with Gasteiger partial charge in [-0.1, -0.05) is 0 Å². The van der Waals surface area contributed by atoms with Crippen LogP contribution in [0.25, 0.3) is 0 Å². The van der Waals surface area contributed by atoms with Crippen LogP contribution < -0.4 is 27.8 Å². The predicted molar refractivity (Wildman–Crippen MR) is 127 cm³/mol. The smallest absolute Gasteiger partial charge is 0.326 e. The number of rotatable bonds is 17. The van der Waals surface area contributed by atoms with Gasteiger partial charge in [-0.25, -0.2) is 4.79 Å². The molecular formula is C22H40N6O7. The molecule has 1 saturated heterocycles.